The zero-order chi connectivity index (χ0) is 19.4. The highest BCUT2D eigenvalue weighted by Gasteiger charge is 2.14. The molecule has 3 rings (SSSR count). The summed E-state index contributed by atoms with van der Waals surface area (Å²) in [6.07, 6.45) is 0.375. The normalized spacial score (nSPS) is 10.7. The Morgan fingerprint density at radius 2 is 1.74 bits per heavy atom. The van der Waals surface area contributed by atoms with Crippen LogP contribution in [0.4, 0.5) is 0 Å². The van der Waals surface area contributed by atoms with Gasteiger partial charge >= 0.3 is 5.97 Å². The van der Waals surface area contributed by atoms with Crippen LogP contribution in [0.1, 0.15) is 27.0 Å². The van der Waals surface area contributed by atoms with Crippen LogP contribution in [0.5, 0.6) is 0 Å². The first kappa shape index (κ1) is 18.8. The Labute approximate surface area is 160 Å². The molecule has 0 amide bonds. The van der Waals surface area contributed by atoms with Crippen molar-refractivity contribution in [2.24, 2.45) is 0 Å². The highest BCUT2D eigenvalue weighted by Crippen LogP contribution is 2.20. The number of aromatic carboxylic acids is 1. The van der Waals surface area contributed by atoms with Crippen LogP contribution in [0, 0.1) is 13.8 Å². The number of rotatable bonds is 7. The average Bonchev–Trinajstić information content (AvgIpc) is 3.12. The minimum Gasteiger partial charge on any atom is -0.478 e. The molecule has 7 nitrogen and oxygen atoms in total. The molecule has 0 aliphatic carbocycles. The highest BCUT2D eigenvalue weighted by atomic mass is 32.2. The summed E-state index contributed by atoms with van der Waals surface area (Å²) in [5.74, 6) is -0.653. The third-order valence-corrected chi connectivity index (χ3v) is 5.16. The first-order valence-electron chi connectivity index (χ1n) is 8.27. The van der Waals surface area contributed by atoms with Crippen LogP contribution >= 0.6 is 11.8 Å². The predicted molar refractivity (Wildman–Crippen MR) is 101 cm³/mol. The van der Waals surface area contributed by atoms with E-state index < -0.39 is 5.97 Å². The van der Waals surface area contributed by atoms with Crippen LogP contribution in [0.25, 0.3) is 5.69 Å². The molecule has 0 unspecified atom stereocenters. The number of carbonyl (C=O) groups is 2. The van der Waals surface area contributed by atoms with Crippen molar-refractivity contribution < 1.29 is 14.7 Å². The van der Waals surface area contributed by atoms with Crippen molar-refractivity contribution in [2.75, 3.05) is 5.75 Å². The Bertz CT molecular complexity index is 963. The number of carbonyl (C=O) groups excluding carboxylic acids is 1. The van der Waals surface area contributed by atoms with Gasteiger partial charge in [0, 0.05) is 6.42 Å². The number of hydrogen-bond donors (Lipinski definition) is 1. The number of aromatic nitrogens is 4. The van der Waals surface area contributed by atoms with Crippen molar-refractivity contribution in [3.05, 3.63) is 64.7 Å². The van der Waals surface area contributed by atoms with Gasteiger partial charge in [0.2, 0.25) is 5.16 Å². The first-order valence-corrected chi connectivity index (χ1v) is 9.26. The Hall–Kier alpha value is -3.00. The number of aryl methyl sites for hydroxylation is 2. The summed E-state index contributed by atoms with van der Waals surface area (Å²) >= 11 is 1.26. The lowest BCUT2D eigenvalue weighted by Crippen LogP contribution is -2.09. The van der Waals surface area contributed by atoms with E-state index in [1.54, 1.807) is 12.1 Å². The van der Waals surface area contributed by atoms with Crippen molar-refractivity contribution in [3.8, 4) is 5.69 Å². The third-order valence-electron chi connectivity index (χ3n) is 4.18. The topological polar surface area (TPSA) is 98.0 Å². The van der Waals surface area contributed by atoms with E-state index in [1.807, 2.05) is 32.0 Å². The molecule has 0 aliphatic rings. The van der Waals surface area contributed by atoms with Crippen molar-refractivity contribution in [3.63, 3.8) is 0 Å². The van der Waals surface area contributed by atoms with E-state index in [0.29, 0.717) is 17.3 Å². The number of tetrazole rings is 1. The van der Waals surface area contributed by atoms with E-state index in [1.165, 1.54) is 28.6 Å². The molecular weight excluding hydrogens is 364 g/mol. The van der Waals surface area contributed by atoms with Gasteiger partial charge in [0.25, 0.3) is 0 Å². The molecule has 0 bridgehead atoms. The lowest BCUT2D eigenvalue weighted by atomic mass is 9.99. The summed E-state index contributed by atoms with van der Waals surface area (Å²) in [5, 5.41) is 21.0. The molecule has 2 aromatic carbocycles. The number of carboxylic acids is 1. The van der Waals surface area contributed by atoms with Gasteiger partial charge in [-0.05, 0) is 65.2 Å². The zero-order valence-electron chi connectivity index (χ0n) is 14.9. The summed E-state index contributed by atoms with van der Waals surface area (Å²) < 4.78 is 1.49. The van der Waals surface area contributed by atoms with Crippen molar-refractivity contribution >= 4 is 23.5 Å². The monoisotopic (exact) mass is 382 g/mol. The van der Waals surface area contributed by atoms with Gasteiger partial charge in [-0.1, -0.05) is 30.0 Å². The maximum absolute atomic E-state index is 12.4. The molecule has 27 heavy (non-hydrogen) atoms. The fourth-order valence-corrected chi connectivity index (χ4v) is 3.45. The molecule has 0 fully saturated rings. The average molecular weight is 382 g/mol. The van der Waals surface area contributed by atoms with E-state index in [9.17, 15) is 9.59 Å². The van der Waals surface area contributed by atoms with E-state index in [0.717, 1.165) is 16.7 Å². The quantitative estimate of drug-likeness (QED) is 0.627. The molecule has 0 aliphatic heterocycles. The lowest BCUT2D eigenvalue weighted by molar-refractivity contribution is -0.116. The fraction of sp³-hybridized carbons (Fsp3) is 0.211. The van der Waals surface area contributed by atoms with Gasteiger partial charge in [-0.2, -0.15) is 4.68 Å². The molecule has 1 N–H and O–H groups in total. The minimum atomic E-state index is -0.995. The first-order chi connectivity index (χ1) is 13.0. The molecule has 1 heterocycles. The number of thioether (sulfide) groups is 1. The fourth-order valence-electron chi connectivity index (χ4n) is 2.70. The Kier molecular flexibility index (Phi) is 5.66. The summed E-state index contributed by atoms with van der Waals surface area (Å²) in [5.41, 5.74) is 4.10. The van der Waals surface area contributed by atoms with E-state index in [2.05, 4.69) is 15.5 Å². The van der Waals surface area contributed by atoms with Gasteiger partial charge in [0.15, 0.2) is 0 Å². The van der Waals surface area contributed by atoms with Gasteiger partial charge in [-0.15, -0.1) is 5.10 Å². The van der Waals surface area contributed by atoms with E-state index in [-0.39, 0.29) is 17.1 Å². The summed E-state index contributed by atoms with van der Waals surface area (Å²) in [6.45, 7) is 4.01. The molecule has 138 valence electrons. The predicted octanol–water partition coefficient (Wildman–Crippen LogP) is 2.88. The summed E-state index contributed by atoms with van der Waals surface area (Å²) in [4.78, 5) is 23.4. The Morgan fingerprint density at radius 3 is 2.37 bits per heavy atom. The Morgan fingerprint density at radius 1 is 1.07 bits per heavy atom. The van der Waals surface area contributed by atoms with Crippen LogP contribution in [-0.2, 0) is 11.2 Å². The van der Waals surface area contributed by atoms with Gasteiger partial charge in [-0.3, -0.25) is 4.79 Å². The van der Waals surface area contributed by atoms with Gasteiger partial charge < -0.3 is 5.11 Å². The number of benzene rings is 2. The molecule has 0 saturated heterocycles. The SMILES string of the molecule is Cc1cccc(C)c1CC(=O)CSc1nnnn1-c1ccc(C(=O)O)cc1. The maximum atomic E-state index is 12.4. The van der Waals surface area contributed by atoms with Crippen LogP contribution in [0.3, 0.4) is 0 Å². The molecule has 1 aromatic heterocycles. The maximum Gasteiger partial charge on any atom is 0.335 e. The van der Waals surface area contributed by atoms with Crippen LogP contribution in [0.15, 0.2) is 47.6 Å². The van der Waals surface area contributed by atoms with Crippen molar-refractivity contribution in [1.82, 2.24) is 20.2 Å². The van der Waals surface area contributed by atoms with Gasteiger partial charge in [0.05, 0.1) is 17.0 Å². The van der Waals surface area contributed by atoms with E-state index in [4.69, 9.17) is 5.11 Å². The molecular formula is C19H18N4O3S. The van der Waals surface area contributed by atoms with Gasteiger partial charge in [-0.25, -0.2) is 4.79 Å². The third kappa shape index (κ3) is 4.40. The molecule has 0 radical (unpaired) electrons. The minimum absolute atomic E-state index is 0.0909. The standard InChI is InChI=1S/C19H18N4O3S/c1-12-4-3-5-13(2)17(12)10-16(24)11-27-19-20-21-22-23(19)15-8-6-14(7-9-15)18(25)26/h3-9H,10-11H2,1-2H3,(H,25,26). The number of Topliss-reactive ketones (excluding diaryl/α,β-unsaturated/α-hetero) is 1. The van der Waals surface area contributed by atoms with Crippen molar-refractivity contribution in [1.29, 1.82) is 0 Å². The lowest BCUT2D eigenvalue weighted by Gasteiger charge is -2.09. The largest absolute Gasteiger partial charge is 0.478 e. The molecule has 8 heteroatoms. The molecule has 3 aromatic rings. The van der Waals surface area contributed by atoms with Crippen LogP contribution in [0.2, 0.25) is 0 Å². The second kappa shape index (κ2) is 8.13. The Balaban J connectivity index is 1.68. The van der Waals surface area contributed by atoms with Crippen molar-refractivity contribution in [2.45, 2.75) is 25.4 Å². The summed E-state index contributed by atoms with van der Waals surface area (Å²) in [6, 6.07) is 12.2. The second-order valence-electron chi connectivity index (χ2n) is 6.10. The molecule has 0 atom stereocenters. The molecule has 0 spiro atoms. The molecule has 0 saturated carbocycles. The second-order valence-corrected chi connectivity index (χ2v) is 7.04. The highest BCUT2D eigenvalue weighted by molar-refractivity contribution is 7.99. The summed E-state index contributed by atoms with van der Waals surface area (Å²) in [7, 11) is 0. The number of nitrogens with zero attached hydrogens (tertiary/aromatic N) is 4. The number of hydrogen-bond acceptors (Lipinski definition) is 6. The zero-order valence-corrected chi connectivity index (χ0v) is 15.7. The van der Waals surface area contributed by atoms with Gasteiger partial charge in [0.1, 0.15) is 5.78 Å². The van der Waals surface area contributed by atoms with Crippen LogP contribution < -0.4 is 0 Å². The number of ketones is 1. The van der Waals surface area contributed by atoms with Crippen LogP contribution in [-0.4, -0.2) is 42.8 Å². The number of carboxylic acid groups (broad SMARTS) is 1. The van der Waals surface area contributed by atoms with E-state index >= 15 is 0 Å². The smallest absolute Gasteiger partial charge is 0.335 e.